The van der Waals surface area contributed by atoms with Gasteiger partial charge in [-0.25, -0.2) is 9.79 Å². The summed E-state index contributed by atoms with van der Waals surface area (Å²) in [6.07, 6.45) is 2.86. The average molecular weight is 666 g/mol. The van der Waals surface area contributed by atoms with E-state index in [1.165, 1.54) is 23.0 Å². The number of phenols is 1. The van der Waals surface area contributed by atoms with E-state index in [0.29, 0.717) is 48.4 Å². The molecule has 4 rings (SSSR count). The predicted octanol–water partition coefficient (Wildman–Crippen LogP) is 4.83. The van der Waals surface area contributed by atoms with Crippen molar-refractivity contribution in [3.8, 4) is 17.2 Å². The Labute approximate surface area is 240 Å². The fourth-order valence-corrected chi connectivity index (χ4v) is 6.18. The smallest absolute Gasteiger partial charge is 0.338 e. The molecule has 1 aliphatic heterocycles. The Bertz CT molecular complexity index is 1610. The minimum absolute atomic E-state index is 0.0920. The van der Waals surface area contributed by atoms with Crippen LogP contribution in [0.5, 0.6) is 17.2 Å². The monoisotopic (exact) mass is 664 g/mol. The molecule has 1 atom stereocenters. The SMILES string of the molecule is CCCC1=C(C(=O)OCC)[C@@H](c2cc(Br)ccc2OC)n2c(s/c(=C/c3cc(Br)cc(OC)c3O)c2=O)=N1. The Hall–Kier alpha value is -2.89. The molecule has 0 saturated carbocycles. The van der Waals surface area contributed by atoms with Crippen LogP contribution in [-0.4, -0.2) is 36.5 Å². The number of allylic oxidation sites excluding steroid dienone is 1. The molecule has 8 nitrogen and oxygen atoms in total. The van der Waals surface area contributed by atoms with Gasteiger partial charge in [-0.15, -0.1) is 0 Å². The molecule has 0 bridgehead atoms. The Kier molecular flexibility index (Phi) is 8.79. The van der Waals surface area contributed by atoms with Crippen LogP contribution in [0.1, 0.15) is 43.9 Å². The maximum atomic E-state index is 14.0. The van der Waals surface area contributed by atoms with Crippen molar-refractivity contribution in [2.45, 2.75) is 32.7 Å². The van der Waals surface area contributed by atoms with E-state index < -0.39 is 12.0 Å². The number of benzene rings is 2. The second-order valence-corrected chi connectivity index (χ2v) is 11.2. The summed E-state index contributed by atoms with van der Waals surface area (Å²) < 4.78 is 19.6. The van der Waals surface area contributed by atoms with Crippen molar-refractivity contribution in [1.29, 1.82) is 0 Å². The van der Waals surface area contributed by atoms with Crippen LogP contribution in [0.3, 0.4) is 0 Å². The Balaban J connectivity index is 2.07. The Morgan fingerprint density at radius 2 is 1.87 bits per heavy atom. The Morgan fingerprint density at radius 1 is 1.13 bits per heavy atom. The van der Waals surface area contributed by atoms with Crippen molar-refractivity contribution in [2.24, 2.45) is 4.99 Å². The number of fused-ring (bicyclic) bond motifs is 1. The van der Waals surface area contributed by atoms with Crippen LogP contribution in [0, 0.1) is 0 Å². The van der Waals surface area contributed by atoms with Gasteiger partial charge in [0.25, 0.3) is 5.56 Å². The minimum atomic E-state index is -0.827. The van der Waals surface area contributed by atoms with Gasteiger partial charge in [-0.3, -0.25) is 9.36 Å². The number of thiazole rings is 1. The standard InChI is InChI=1S/C27H26Br2N2O6S/c1-5-7-18-22(26(34)37-6-2)23(17-12-15(28)8-9-19(17)35-3)31-25(33)21(38-27(31)30-18)11-14-10-16(29)13-20(36-4)24(14)32/h8-13,23,32H,5-7H2,1-4H3/b21-11+/t23-/m1/s1. The van der Waals surface area contributed by atoms with Gasteiger partial charge in [0.2, 0.25) is 0 Å². The number of carbonyl (C=O) groups is 1. The number of carbonyl (C=O) groups excluding carboxylic acids is 1. The minimum Gasteiger partial charge on any atom is -0.504 e. The summed E-state index contributed by atoms with van der Waals surface area (Å²) in [5, 5.41) is 10.7. The topological polar surface area (TPSA) is 99.4 Å². The normalized spacial score (nSPS) is 15.2. The fourth-order valence-electron chi connectivity index (χ4n) is 4.34. The van der Waals surface area contributed by atoms with Gasteiger partial charge in [0.1, 0.15) is 11.8 Å². The molecule has 3 aromatic rings. The molecule has 0 aliphatic carbocycles. The van der Waals surface area contributed by atoms with E-state index in [1.54, 1.807) is 38.3 Å². The van der Waals surface area contributed by atoms with Crippen molar-refractivity contribution >= 4 is 55.2 Å². The molecule has 11 heteroatoms. The van der Waals surface area contributed by atoms with Gasteiger partial charge >= 0.3 is 5.97 Å². The molecule has 0 unspecified atom stereocenters. The van der Waals surface area contributed by atoms with Crippen molar-refractivity contribution in [3.05, 3.63) is 81.4 Å². The van der Waals surface area contributed by atoms with Crippen molar-refractivity contribution < 1.29 is 24.1 Å². The molecule has 2 aromatic carbocycles. The summed E-state index contributed by atoms with van der Waals surface area (Å²) in [5.74, 6) is 0.160. The highest BCUT2D eigenvalue weighted by atomic mass is 79.9. The summed E-state index contributed by atoms with van der Waals surface area (Å²) in [6.45, 7) is 3.91. The lowest BCUT2D eigenvalue weighted by Gasteiger charge is -2.27. The largest absolute Gasteiger partial charge is 0.504 e. The fraction of sp³-hybridized carbons (Fsp3) is 0.296. The van der Waals surface area contributed by atoms with Crippen LogP contribution in [-0.2, 0) is 9.53 Å². The molecule has 0 amide bonds. The lowest BCUT2D eigenvalue weighted by Crippen LogP contribution is -2.40. The van der Waals surface area contributed by atoms with E-state index in [4.69, 9.17) is 19.2 Å². The van der Waals surface area contributed by atoms with Gasteiger partial charge in [0.05, 0.1) is 36.6 Å². The highest BCUT2D eigenvalue weighted by Crippen LogP contribution is 2.38. The lowest BCUT2D eigenvalue weighted by atomic mass is 9.93. The first kappa shape index (κ1) is 28.1. The van der Waals surface area contributed by atoms with Crippen LogP contribution in [0.4, 0.5) is 0 Å². The molecule has 0 spiro atoms. The summed E-state index contributed by atoms with van der Waals surface area (Å²) >= 11 is 8.11. The van der Waals surface area contributed by atoms with Crippen molar-refractivity contribution in [2.75, 3.05) is 20.8 Å². The van der Waals surface area contributed by atoms with Crippen molar-refractivity contribution in [1.82, 2.24) is 4.57 Å². The molecule has 200 valence electrons. The quantitative estimate of drug-likeness (QED) is 0.346. The zero-order valence-corrected chi connectivity index (χ0v) is 25.2. The number of phenolic OH excluding ortho intramolecular Hbond substituents is 1. The predicted molar refractivity (Wildman–Crippen MR) is 153 cm³/mol. The molecule has 0 saturated heterocycles. The van der Waals surface area contributed by atoms with Gasteiger partial charge in [-0.2, -0.15) is 0 Å². The molecular formula is C27H26Br2N2O6S. The number of ether oxygens (including phenoxy) is 3. The van der Waals surface area contributed by atoms with E-state index in [0.717, 1.165) is 10.9 Å². The lowest BCUT2D eigenvalue weighted by molar-refractivity contribution is -0.139. The van der Waals surface area contributed by atoms with Crippen LogP contribution >= 0.6 is 43.2 Å². The van der Waals surface area contributed by atoms with E-state index in [2.05, 4.69) is 31.9 Å². The van der Waals surface area contributed by atoms with Gasteiger partial charge < -0.3 is 19.3 Å². The van der Waals surface area contributed by atoms with E-state index in [1.807, 2.05) is 19.1 Å². The van der Waals surface area contributed by atoms with Crippen molar-refractivity contribution in [3.63, 3.8) is 0 Å². The van der Waals surface area contributed by atoms with Crippen LogP contribution in [0.2, 0.25) is 0 Å². The summed E-state index contributed by atoms with van der Waals surface area (Å²) in [5.41, 5.74) is 1.52. The average Bonchev–Trinajstić information content (AvgIpc) is 3.19. The van der Waals surface area contributed by atoms with Gasteiger partial charge in [0, 0.05) is 20.1 Å². The molecule has 1 aromatic heterocycles. The van der Waals surface area contributed by atoms with Gasteiger partial charge in [-0.05, 0) is 49.8 Å². The second-order valence-electron chi connectivity index (χ2n) is 8.35. The zero-order valence-electron chi connectivity index (χ0n) is 21.2. The van der Waals surface area contributed by atoms with Gasteiger partial charge in [0.15, 0.2) is 16.3 Å². The van der Waals surface area contributed by atoms with E-state index >= 15 is 0 Å². The summed E-state index contributed by atoms with van der Waals surface area (Å²) in [6, 6.07) is 7.94. The number of aromatic nitrogens is 1. The third-order valence-corrected chi connectivity index (χ3v) is 7.89. The number of nitrogens with zero attached hydrogens (tertiary/aromatic N) is 2. The van der Waals surface area contributed by atoms with Crippen LogP contribution in [0.25, 0.3) is 6.08 Å². The first-order valence-corrected chi connectivity index (χ1v) is 14.3. The third kappa shape index (κ3) is 5.32. The molecular weight excluding hydrogens is 640 g/mol. The zero-order chi connectivity index (χ0) is 27.6. The maximum Gasteiger partial charge on any atom is 0.338 e. The molecule has 0 fully saturated rings. The number of halogens is 2. The number of hydrogen-bond acceptors (Lipinski definition) is 8. The summed E-state index contributed by atoms with van der Waals surface area (Å²) in [4.78, 5) is 32.5. The first-order valence-electron chi connectivity index (χ1n) is 11.9. The first-order chi connectivity index (χ1) is 18.2. The molecule has 0 radical (unpaired) electrons. The van der Waals surface area contributed by atoms with E-state index in [9.17, 15) is 14.7 Å². The van der Waals surface area contributed by atoms with E-state index in [-0.39, 0.29) is 23.7 Å². The van der Waals surface area contributed by atoms with Gasteiger partial charge in [-0.1, -0.05) is 56.5 Å². The highest BCUT2D eigenvalue weighted by molar-refractivity contribution is 9.10. The van der Waals surface area contributed by atoms with Crippen LogP contribution < -0.4 is 24.4 Å². The summed E-state index contributed by atoms with van der Waals surface area (Å²) in [7, 11) is 3.00. The number of aromatic hydroxyl groups is 1. The molecule has 38 heavy (non-hydrogen) atoms. The maximum absolute atomic E-state index is 14.0. The number of esters is 1. The number of hydrogen-bond donors (Lipinski definition) is 1. The number of rotatable bonds is 8. The number of methoxy groups -OCH3 is 2. The second kappa shape index (κ2) is 11.9. The van der Waals surface area contributed by atoms with Crippen LogP contribution in [0.15, 0.2) is 60.3 Å². The Morgan fingerprint density at radius 3 is 2.53 bits per heavy atom. The molecule has 1 aliphatic rings. The molecule has 2 heterocycles. The highest BCUT2D eigenvalue weighted by Gasteiger charge is 2.36. The third-order valence-electron chi connectivity index (χ3n) is 5.95. The molecule has 1 N–H and O–H groups in total.